The lowest BCUT2D eigenvalue weighted by Crippen LogP contribution is -2.36. The van der Waals surface area contributed by atoms with Crippen LogP contribution in [-0.2, 0) is 11.2 Å². The van der Waals surface area contributed by atoms with Gasteiger partial charge in [-0.15, -0.1) is 0 Å². The number of aryl methyl sites for hydroxylation is 1. The number of nitrogens with zero attached hydrogens (tertiary/aromatic N) is 1. The molecule has 1 aliphatic rings. The van der Waals surface area contributed by atoms with Gasteiger partial charge in [0, 0.05) is 13.0 Å². The standard InChI is InChI=1S/C22H27FN2O2/c1-27-20-10-8-18(9-11-20)21(25-13-2-3-14-25)16-24-22(26)12-7-17-5-4-6-19(23)15-17/h4-6,8-11,15,21H,2-3,7,12-14,16H2,1H3,(H,24,26). The van der Waals surface area contributed by atoms with Gasteiger partial charge in [-0.1, -0.05) is 24.3 Å². The molecular weight excluding hydrogens is 343 g/mol. The van der Waals surface area contributed by atoms with Crippen molar-refractivity contribution in [2.24, 2.45) is 0 Å². The molecule has 144 valence electrons. The van der Waals surface area contributed by atoms with Crippen LogP contribution in [0.5, 0.6) is 5.75 Å². The van der Waals surface area contributed by atoms with Crippen LogP contribution in [0.15, 0.2) is 48.5 Å². The maximum atomic E-state index is 13.2. The summed E-state index contributed by atoms with van der Waals surface area (Å²) in [5.74, 6) is 0.566. The Hall–Kier alpha value is -2.40. The Morgan fingerprint density at radius 1 is 1.19 bits per heavy atom. The zero-order chi connectivity index (χ0) is 19.1. The van der Waals surface area contributed by atoms with Crippen molar-refractivity contribution in [3.05, 3.63) is 65.5 Å². The van der Waals surface area contributed by atoms with Crippen molar-refractivity contribution in [1.82, 2.24) is 10.2 Å². The molecule has 1 aliphatic heterocycles. The number of benzene rings is 2. The fraction of sp³-hybridized carbons (Fsp3) is 0.409. The molecule has 0 bridgehead atoms. The van der Waals surface area contributed by atoms with Gasteiger partial charge in [0.2, 0.25) is 5.91 Å². The number of amides is 1. The molecule has 0 aliphatic carbocycles. The summed E-state index contributed by atoms with van der Waals surface area (Å²) in [6.07, 6.45) is 3.29. The van der Waals surface area contributed by atoms with Crippen LogP contribution in [0.3, 0.4) is 0 Å². The fourth-order valence-corrected chi connectivity index (χ4v) is 3.59. The van der Waals surface area contributed by atoms with E-state index in [9.17, 15) is 9.18 Å². The van der Waals surface area contributed by atoms with E-state index in [1.165, 1.54) is 30.5 Å². The van der Waals surface area contributed by atoms with Gasteiger partial charge >= 0.3 is 0 Å². The summed E-state index contributed by atoms with van der Waals surface area (Å²) in [5, 5.41) is 3.07. The van der Waals surface area contributed by atoms with Crippen LogP contribution in [0, 0.1) is 5.82 Å². The lowest BCUT2D eigenvalue weighted by molar-refractivity contribution is -0.121. The van der Waals surface area contributed by atoms with Crippen LogP contribution >= 0.6 is 0 Å². The van der Waals surface area contributed by atoms with Gasteiger partial charge in [0.25, 0.3) is 0 Å². The highest BCUT2D eigenvalue weighted by Gasteiger charge is 2.24. The number of likely N-dealkylation sites (tertiary alicyclic amines) is 1. The summed E-state index contributed by atoms with van der Waals surface area (Å²) >= 11 is 0. The molecule has 1 atom stereocenters. The van der Waals surface area contributed by atoms with Crippen LogP contribution in [0.25, 0.3) is 0 Å². The molecule has 3 rings (SSSR count). The van der Waals surface area contributed by atoms with Gasteiger partial charge in [-0.05, 0) is 67.7 Å². The average molecular weight is 370 g/mol. The van der Waals surface area contributed by atoms with Crippen molar-refractivity contribution in [1.29, 1.82) is 0 Å². The first-order chi connectivity index (χ1) is 13.2. The average Bonchev–Trinajstić information content (AvgIpc) is 3.21. The minimum Gasteiger partial charge on any atom is -0.497 e. The van der Waals surface area contributed by atoms with E-state index in [1.54, 1.807) is 13.2 Å². The molecule has 1 fully saturated rings. The Morgan fingerprint density at radius 2 is 1.93 bits per heavy atom. The van der Waals surface area contributed by atoms with E-state index < -0.39 is 0 Å². The summed E-state index contributed by atoms with van der Waals surface area (Å²) in [6.45, 7) is 2.68. The third-order valence-corrected chi connectivity index (χ3v) is 5.10. The number of ether oxygens (including phenoxy) is 1. The van der Waals surface area contributed by atoms with E-state index in [2.05, 4.69) is 22.3 Å². The lowest BCUT2D eigenvalue weighted by atomic mass is 10.0. The SMILES string of the molecule is COc1ccc(C(CNC(=O)CCc2cccc(F)c2)N2CCCC2)cc1. The summed E-state index contributed by atoms with van der Waals surface area (Å²) in [6, 6.07) is 14.7. The molecule has 1 N–H and O–H groups in total. The third-order valence-electron chi connectivity index (χ3n) is 5.10. The molecule has 1 unspecified atom stereocenters. The zero-order valence-corrected chi connectivity index (χ0v) is 15.8. The predicted octanol–water partition coefficient (Wildman–Crippen LogP) is 3.72. The third kappa shape index (κ3) is 5.54. The predicted molar refractivity (Wildman–Crippen MR) is 104 cm³/mol. The van der Waals surface area contributed by atoms with Crippen LogP contribution < -0.4 is 10.1 Å². The molecule has 1 heterocycles. The van der Waals surface area contributed by atoms with E-state index >= 15 is 0 Å². The Morgan fingerprint density at radius 3 is 2.59 bits per heavy atom. The maximum Gasteiger partial charge on any atom is 0.220 e. The minimum atomic E-state index is -0.262. The second-order valence-corrected chi connectivity index (χ2v) is 6.97. The minimum absolute atomic E-state index is 0.00281. The van der Waals surface area contributed by atoms with E-state index in [0.29, 0.717) is 19.4 Å². The molecule has 1 amide bonds. The van der Waals surface area contributed by atoms with Crippen LogP contribution in [0.1, 0.15) is 36.4 Å². The molecule has 5 heteroatoms. The molecule has 2 aromatic rings. The van der Waals surface area contributed by atoms with Crippen LogP contribution in [-0.4, -0.2) is 37.6 Å². The van der Waals surface area contributed by atoms with Gasteiger partial charge in [-0.2, -0.15) is 0 Å². The van der Waals surface area contributed by atoms with Gasteiger partial charge in [0.1, 0.15) is 11.6 Å². The molecule has 0 aromatic heterocycles. The molecule has 27 heavy (non-hydrogen) atoms. The second-order valence-electron chi connectivity index (χ2n) is 6.97. The highest BCUT2D eigenvalue weighted by molar-refractivity contribution is 5.76. The van der Waals surface area contributed by atoms with E-state index in [-0.39, 0.29) is 17.8 Å². The zero-order valence-electron chi connectivity index (χ0n) is 15.8. The number of carbonyl (C=O) groups excluding carboxylic acids is 1. The van der Waals surface area contributed by atoms with Gasteiger partial charge in [0.15, 0.2) is 0 Å². The first kappa shape index (κ1) is 19.4. The topological polar surface area (TPSA) is 41.6 Å². The van der Waals surface area contributed by atoms with Gasteiger partial charge in [-0.25, -0.2) is 4.39 Å². The van der Waals surface area contributed by atoms with E-state index in [4.69, 9.17) is 4.74 Å². The van der Waals surface area contributed by atoms with Crippen molar-refractivity contribution in [3.63, 3.8) is 0 Å². The Balaban J connectivity index is 1.57. The first-order valence-electron chi connectivity index (χ1n) is 9.55. The summed E-state index contributed by atoms with van der Waals surface area (Å²) in [5.41, 5.74) is 2.03. The smallest absolute Gasteiger partial charge is 0.220 e. The summed E-state index contributed by atoms with van der Waals surface area (Å²) in [4.78, 5) is 14.7. The lowest BCUT2D eigenvalue weighted by Gasteiger charge is -2.28. The van der Waals surface area contributed by atoms with Crippen LogP contribution in [0.4, 0.5) is 4.39 Å². The normalized spacial score (nSPS) is 15.5. The molecular formula is C22H27FN2O2. The molecule has 0 spiro atoms. The Kier molecular flexibility index (Phi) is 6.82. The quantitative estimate of drug-likeness (QED) is 0.770. The van der Waals surface area contributed by atoms with Gasteiger partial charge in [-0.3, -0.25) is 9.69 Å². The molecule has 2 aromatic carbocycles. The summed E-state index contributed by atoms with van der Waals surface area (Å²) < 4.78 is 18.5. The summed E-state index contributed by atoms with van der Waals surface area (Å²) in [7, 11) is 1.66. The number of halogens is 1. The monoisotopic (exact) mass is 370 g/mol. The number of carbonyl (C=O) groups is 1. The number of nitrogens with one attached hydrogen (secondary N) is 1. The van der Waals surface area contributed by atoms with Crippen molar-refractivity contribution >= 4 is 5.91 Å². The molecule has 1 saturated heterocycles. The molecule has 0 radical (unpaired) electrons. The molecule has 4 nitrogen and oxygen atoms in total. The van der Waals surface area contributed by atoms with Crippen molar-refractivity contribution in [2.75, 3.05) is 26.7 Å². The van der Waals surface area contributed by atoms with E-state index in [1.807, 2.05) is 18.2 Å². The second kappa shape index (κ2) is 9.51. The van der Waals surface area contributed by atoms with Crippen molar-refractivity contribution in [3.8, 4) is 5.75 Å². The number of rotatable bonds is 8. The van der Waals surface area contributed by atoms with Gasteiger partial charge in [0.05, 0.1) is 13.2 Å². The Labute approximate surface area is 160 Å². The highest BCUT2D eigenvalue weighted by Crippen LogP contribution is 2.26. The maximum absolute atomic E-state index is 13.2. The number of hydrogen-bond acceptors (Lipinski definition) is 3. The van der Waals surface area contributed by atoms with Crippen LogP contribution in [0.2, 0.25) is 0 Å². The number of hydrogen-bond donors (Lipinski definition) is 1. The van der Waals surface area contributed by atoms with Crippen molar-refractivity contribution < 1.29 is 13.9 Å². The van der Waals surface area contributed by atoms with Gasteiger partial charge < -0.3 is 10.1 Å². The first-order valence-corrected chi connectivity index (χ1v) is 9.55. The number of methoxy groups -OCH3 is 1. The van der Waals surface area contributed by atoms with Crippen molar-refractivity contribution in [2.45, 2.75) is 31.7 Å². The Bertz CT molecular complexity index is 742. The highest BCUT2D eigenvalue weighted by atomic mass is 19.1. The fourth-order valence-electron chi connectivity index (χ4n) is 3.59. The largest absolute Gasteiger partial charge is 0.497 e. The van der Waals surface area contributed by atoms with E-state index in [0.717, 1.165) is 24.4 Å². The molecule has 0 saturated carbocycles.